The van der Waals surface area contributed by atoms with Crippen molar-refractivity contribution in [3.05, 3.63) is 95.6 Å². The molecule has 4 aromatic carbocycles. The van der Waals surface area contributed by atoms with Gasteiger partial charge in [-0.1, -0.05) is 85.8 Å². The summed E-state index contributed by atoms with van der Waals surface area (Å²) in [5.74, 6) is 0. The van der Waals surface area contributed by atoms with Gasteiger partial charge in [0.2, 0.25) is 0 Å². The number of hydrogen-bond donors (Lipinski definition) is 0. The molecule has 0 atom stereocenters. The highest BCUT2D eigenvalue weighted by atomic mass is 14.3. The molecule has 0 bridgehead atoms. The molecule has 1 aliphatic rings. The summed E-state index contributed by atoms with van der Waals surface area (Å²) in [6.45, 7) is 2.28. The molecule has 120 valence electrons. The Labute approximate surface area is 148 Å². The van der Waals surface area contributed by atoms with Crippen molar-refractivity contribution >= 4 is 10.8 Å². The molecule has 5 rings (SSSR count). The zero-order chi connectivity index (χ0) is 16.8. The SMILES string of the molecule is CCc1c(-c2cccc3ccccc23)ccc2c1Cc1ccccc1-2. The molecule has 0 radical (unpaired) electrons. The van der Waals surface area contributed by atoms with Gasteiger partial charge in [-0.3, -0.25) is 0 Å². The first-order valence-corrected chi connectivity index (χ1v) is 9.08. The average molecular weight is 320 g/mol. The summed E-state index contributed by atoms with van der Waals surface area (Å²) in [5.41, 5.74) is 10.1. The minimum absolute atomic E-state index is 1.06. The van der Waals surface area contributed by atoms with Gasteiger partial charge in [-0.2, -0.15) is 0 Å². The zero-order valence-corrected chi connectivity index (χ0v) is 14.4. The van der Waals surface area contributed by atoms with E-state index in [1.807, 2.05) is 0 Å². The van der Waals surface area contributed by atoms with Crippen molar-refractivity contribution in [1.29, 1.82) is 0 Å². The van der Waals surface area contributed by atoms with Gasteiger partial charge >= 0.3 is 0 Å². The minimum atomic E-state index is 1.06. The monoisotopic (exact) mass is 320 g/mol. The van der Waals surface area contributed by atoms with Crippen LogP contribution in [0.15, 0.2) is 78.9 Å². The Morgan fingerprint density at radius 1 is 0.640 bits per heavy atom. The van der Waals surface area contributed by atoms with E-state index in [4.69, 9.17) is 0 Å². The summed E-state index contributed by atoms with van der Waals surface area (Å²) in [6.07, 6.45) is 2.13. The maximum Gasteiger partial charge on any atom is -0.00105 e. The Bertz CT molecular complexity index is 1100. The normalized spacial score (nSPS) is 12.2. The molecule has 0 aromatic heterocycles. The van der Waals surface area contributed by atoms with Gasteiger partial charge in [0, 0.05) is 0 Å². The minimum Gasteiger partial charge on any atom is -0.0619 e. The van der Waals surface area contributed by atoms with E-state index in [9.17, 15) is 0 Å². The lowest BCUT2D eigenvalue weighted by molar-refractivity contribution is 1.09. The predicted octanol–water partition coefficient (Wildman–Crippen LogP) is 6.64. The fraction of sp³-hybridized carbons (Fsp3) is 0.120. The number of hydrogen-bond acceptors (Lipinski definition) is 0. The summed E-state index contributed by atoms with van der Waals surface area (Å²) in [6, 6.07) is 28.9. The quantitative estimate of drug-likeness (QED) is 0.342. The molecule has 0 saturated carbocycles. The average Bonchev–Trinajstić information content (AvgIpc) is 3.05. The number of rotatable bonds is 2. The predicted molar refractivity (Wildman–Crippen MR) is 107 cm³/mol. The Hall–Kier alpha value is -2.86. The molecule has 0 heterocycles. The van der Waals surface area contributed by atoms with Gasteiger partial charge in [-0.15, -0.1) is 0 Å². The number of benzene rings is 4. The molecule has 0 heteroatoms. The lowest BCUT2D eigenvalue weighted by Gasteiger charge is -2.15. The highest BCUT2D eigenvalue weighted by Gasteiger charge is 2.22. The fourth-order valence-corrected chi connectivity index (χ4v) is 4.39. The molecule has 0 spiro atoms. The lowest BCUT2D eigenvalue weighted by Crippen LogP contribution is -1.96. The van der Waals surface area contributed by atoms with Crippen LogP contribution in [-0.4, -0.2) is 0 Å². The maximum absolute atomic E-state index is 2.33. The van der Waals surface area contributed by atoms with Gasteiger partial charge in [0.05, 0.1) is 0 Å². The van der Waals surface area contributed by atoms with Crippen LogP contribution in [0.1, 0.15) is 23.6 Å². The van der Waals surface area contributed by atoms with Crippen molar-refractivity contribution < 1.29 is 0 Å². The molecule has 0 amide bonds. The number of fused-ring (bicyclic) bond motifs is 4. The molecule has 0 saturated heterocycles. The van der Waals surface area contributed by atoms with Crippen LogP contribution in [0.5, 0.6) is 0 Å². The zero-order valence-electron chi connectivity index (χ0n) is 14.4. The molecule has 25 heavy (non-hydrogen) atoms. The van der Waals surface area contributed by atoms with E-state index < -0.39 is 0 Å². The highest BCUT2D eigenvalue weighted by Crippen LogP contribution is 2.42. The van der Waals surface area contributed by atoms with Gasteiger partial charge < -0.3 is 0 Å². The van der Waals surface area contributed by atoms with E-state index in [2.05, 4.69) is 85.8 Å². The molecular formula is C25H20. The van der Waals surface area contributed by atoms with Crippen LogP contribution in [-0.2, 0) is 12.8 Å². The van der Waals surface area contributed by atoms with Crippen molar-refractivity contribution in [2.24, 2.45) is 0 Å². The van der Waals surface area contributed by atoms with Crippen LogP contribution >= 0.6 is 0 Å². The lowest BCUT2D eigenvalue weighted by atomic mass is 9.88. The smallest absolute Gasteiger partial charge is 0.00105 e. The first kappa shape index (κ1) is 14.5. The van der Waals surface area contributed by atoms with Gasteiger partial charge in [0.15, 0.2) is 0 Å². The topological polar surface area (TPSA) is 0 Å². The van der Waals surface area contributed by atoms with Gasteiger partial charge in [0.25, 0.3) is 0 Å². The third-order valence-corrected chi connectivity index (χ3v) is 5.54. The Kier molecular flexibility index (Phi) is 3.24. The fourth-order valence-electron chi connectivity index (χ4n) is 4.39. The summed E-state index contributed by atoms with van der Waals surface area (Å²) >= 11 is 0. The maximum atomic E-state index is 2.33. The van der Waals surface area contributed by atoms with Crippen molar-refractivity contribution in [2.75, 3.05) is 0 Å². The summed E-state index contributed by atoms with van der Waals surface area (Å²) in [7, 11) is 0. The van der Waals surface area contributed by atoms with E-state index in [1.165, 1.54) is 49.7 Å². The van der Waals surface area contributed by atoms with Crippen LogP contribution in [0.4, 0.5) is 0 Å². The highest BCUT2D eigenvalue weighted by molar-refractivity contribution is 5.98. The standard InChI is InChI=1S/C25H20/c1-2-19-23(22-13-7-10-17-8-3-5-11-20(17)22)14-15-24-21-12-6-4-9-18(21)16-25(19)24/h3-15H,2,16H2,1H3. The first-order chi connectivity index (χ1) is 12.4. The van der Waals surface area contributed by atoms with E-state index in [1.54, 1.807) is 0 Å². The molecule has 0 unspecified atom stereocenters. The van der Waals surface area contributed by atoms with E-state index in [-0.39, 0.29) is 0 Å². The van der Waals surface area contributed by atoms with Gasteiger partial charge in [-0.25, -0.2) is 0 Å². The Morgan fingerprint density at radius 3 is 2.28 bits per heavy atom. The summed E-state index contributed by atoms with van der Waals surface area (Å²) < 4.78 is 0. The molecular weight excluding hydrogens is 300 g/mol. The molecule has 4 aromatic rings. The van der Waals surface area contributed by atoms with E-state index in [0.717, 1.165) is 12.8 Å². The third kappa shape index (κ3) is 2.14. The molecule has 1 aliphatic carbocycles. The van der Waals surface area contributed by atoms with Gasteiger partial charge in [-0.05, 0) is 62.6 Å². The third-order valence-electron chi connectivity index (χ3n) is 5.54. The second-order valence-corrected chi connectivity index (χ2v) is 6.83. The van der Waals surface area contributed by atoms with E-state index >= 15 is 0 Å². The Morgan fingerprint density at radius 2 is 1.36 bits per heavy atom. The summed E-state index contributed by atoms with van der Waals surface area (Å²) in [4.78, 5) is 0. The Balaban J connectivity index is 1.78. The molecule has 0 nitrogen and oxygen atoms in total. The largest absolute Gasteiger partial charge is 0.0619 e. The molecule has 0 N–H and O–H groups in total. The molecule has 0 fully saturated rings. The summed E-state index contributed by atoms with van der Waals surface area (Å²) in [5, 5.41) is 2.65. The van der Waals surface area contributed by atoms with Crippen molar-refractivity contribution in [2.45, 2.75) is 19.8 Å². The van der Waals surface area contributed by atoms with Crippen molar-refractivity contribution in [1.82, 2.24) is 0 Å². The van der Waals surface area contributed by atoms with Crippen molar-refractivity contribution in [3.8, 4) is 22.3 Å². The molecule has 0 aliphatic heterocycles. The van der Waals surface area contributed by atoms with Crippen LogP contribution in [0.2, 0.25) is 0 Å². The first-order valence-electron chi connectivity index (χ1n) is 9.08. The van der Waals surface area contributed by atoms with Crippen LogP contribution in [0.3, 0.4) is 0 Å². The van der Waals surface area contributed by atoms with Gasteiger partial charge in [0.1, 0.15) is 0 Å². The van der Waals surface area contributed by atoms with Crippen LogP contribution in [0.25, 0.3) is 33.0 Å². The van der Waals surface area contributed by atoms with Crippen LogP contribution < -0.4 is 0 Å². The van der Waals surface area contributed by atoms with Crippen molar-refractivity contribution in [3.63, 3.8) is 0 Å². The second kappa shape index (κ2) is 5.60. The second-order valence-electron chi connectivity index (χ2n) is 6.83. The van der Waals surface area contributed by atoms with Crippen LogP contribution in [0, 0.1) is 0 Å². The van der Waals surface area contributed by atoms with E-state index in [0.29, 0.717) is 0 Å².